The molecular formula is C13H10BrN3O2S2. The topological polar surface area (TPSA) is 68.0 Å². The molecule has 0 saturated carbocycles. The van der Waals surface area contributed by atoms with E-state index >= 15 is 0 Å². The van der Waals surface area contributed by atoms with Crippen LogP contribution in [0.4, 0.5) is 0 Å². The zero-order valence-electron chi connectivity index (χ0n) is 10.7. The highest BCUT2D eigenvalue weighted by atomic mass is 79.9. The molecule has 0 bridgehead atoms. The maximum Gasteiger partial charge on any atom is 0.313 e. The SMILES string of the molecule is O=C(O)CSc1nc2cnccc2n1Cc1cc(Br)cs1. The molecule has 21 heavy (non-hydrogen) atoms. The molecule has 3 heterocycles. The van der Waals surface area contributed by atoms with Crippen LogP contribution in [0.15, 0.2) is 39.5 Å². The van der Waals surface area contributed by atoms with Crippen LogP contribution >= 0.6 is 39.0 Å². The number of hydrogen-bond donors (Lipinski definition) is 1. The molecule has 8 heteroatoms. The van der Waals surface area contributed by atoms with Gasteiger partial charge in [-0.05, 0) is 28.1 Å². The third kappa shape index (κ3) is 3.28. The van der Waals surface area contributed by atoms with E-state index in [0.29, 0.717) is 11.7 Å². The van der Waals surface area contributed by atoms with E-state index in [1.807, 2.05) is 16.0 Å². The first kappa shape index (κ1) is 14.6. The Balaban J connectivity index is 2.00. The fraction of sp³-hybridized carbons (Fsp3) is 0.154. The number of nitrogens with zero attached hydrogens (tertiary/aromatic N) is 3. The van der Waals surface area contributed by atoms with E-state index in [4.69, 9.17) is 5.11 Å². The van der Waals surface area contributed by atoms with Gasteiger partial charge in [0.1, 0.15) is 5.52 Å². The van der Waals surface area contributed by atoms with E-state index in [2.05, 4.69) is 32.0 Å². The number of thiophene rings is 1. The normalized spacial score (nSPS) is 11.1. The molecule has 3 aromatic rings. The number of fused-ring (bicyclic) bond motifs is 1. The largest absolute Gasteiger partial charge is 0.481 e. The minimum absolute atomic E-state index is 0.00904. The summed E-state index contributed by atoms with van der Waals surface area (Å²) in [6, 6.07) is 3.96. The van der Waals surface area contributed by atoms with Crippen molar-refractivity contribution in [2.75, 3.05) is 5.75 Å². The molecule has 0 atom stereocenters. The Labute approximate surface area is 137 Å². The first-order valence-corrected chi connectivity index (χ1v) is 8.67. The van der Waals surface area contributed by atoms with Gasteiger partial charge in [-0.25, -0.2) is 4.98 Å². The van der Waals surface area contributed by atoms with Crippen molar-refractivity contribution >= 4 is 56.0 Å². The number of hydrogen-bond acceptors (Lipinski definition) is 5. The average molecular weight is 384 g/mol. The number of carboxylic acids is 1. The lowest BCUT2D eigenvalue weighted by Crippen LogP contribution is -2.03. The van der Waals surface area contributed by atoms with Gasteiger partial charge in [0.15, 0.2) is 5.16 Å². The molecule has 1 N–H and O–H groups in total. The van der Waals surface area contributed by atoms with E-state index < -0.39 is 5.97 Å². The second kappa shape index (κ2) is 6.17. The third-order valence-electron chi connectivity index (χ3n) is 2.78. The summed E-state index contributed by atoms with van der Waals surface area (Å²) >= 11 is 6.32. The molecular weight excluding hydrogens is 374 g/mol. The van der Waals surface area contributed by atoms with E-state index in [-0.39, 0.29) is 5.75 Å². The van der Waals surface area contributed by atoms with Crippen LogP contribution in [0.1, 0.15) is 4.88 Å². The Morgan fingerprint density at radius 2 is 2.38 bits per heavy atom. The standard InChI is InChI=1S/C13H10BrN3O2S2/c14-8-3-9(20-6-8)5-17-11-1-2-15-4-10(11)16-13(17)21-7-12(18)19/h1-4,6H,5,7H2,(H,18,19). The van der Waals surface area contributed by atoms with Gasteiger partial charge in [-0.2, -0.15) is 0 Å². The second-order valence-corrected chi connectivity index (χ2v) is 7.11. The van der Waals surface area contributed by atoms with Gasteiger partial charge in [0.2, 0.25) is 0 Å². The van der Waals surface area contributed by atoms with Crippen LogP contribution in [0.3, 0.4) is 0 Å². The summed E-state index contributed by atoms with van der Waals surface area (Å²) in [5.41, 5.74) is 1.74. The third-order valence-corrected chi connectivity index (χ3v) is 5.42. The molecule has 0 saturated heterocycles. The summed E-state index contributed by atoms with van der Waals surface area (Å²) in [6.45, 7) is 0.665. The maximum absolute atomic E-state index is 10.8. The minimum Gasteiger partial charge on any atom is -0.481 e. The molecule has 108 valence electrons. The molecule has 0 radical (unpaired) electrons. The molecule has 0 aliphatic carbocycles. The van der Waals surface area contributed by atoms with Crippen LogP contribution in [0, 0.1) is 0 Å². The summed E-state index contributed by atoms with van der Waals surface area (Å²) in [5, 5.41) is 11.6. The number of thioether (sulfide) groups is 1. The van der Waals surface area contributed by atoms with Crippen LogP contribution in [0.2, 0.25) is 0 Å². The molecule has 5 nitrogen and oxygen atoms in total. The highest BCUT2D eigenvalue weighted by Gasteiger charge is 2.13. The number of pyridine rings is 1. The van der Waals surface area contributed by atoms with E-state index in [0.717, 1.165) is 15.5 Å². The Morgan fingerprint density at radius 1 is 1.52 bits per heavy atom. The van der Waals surface area contributed by atoms with Crippen molar-refractivity contribution in [3.63, 3.8) is 0 Å². The van der Waals surface area contributed by atoms with Gasteiger partial charge in [-0.3, -0.25) is 9.78 Å². The van der Waals surface area contributed by atoms with Gasteiger partial charge in [0, 0.05) is 20.9 Å². The highest BCUT2D eigenvalue weighted by molar-refractivity contribution is 9.10. The van der Waals surface area contributed by atoms with E-state index in [1.165, 1.54) is 16.6 Å². The van der Waals surface area contributed by atoms with Gasteiger partial charge in [-0.1, -0.05) is 11.8 Å². The summed E-state index contributed by atoms with van der Waals surface area (Å²) < 4.78 is 3.08. The van der Waals surface area contributed by atoms with Crippen LogP contribution in [-0.4, -0.2) is 31.4 Å². The second-order valence-electron chi connectivity index (χ2n) is 4.26. The number of aromatic nitrogens is 3. The van der Waals surface area contributed by atoms with Gasteiger partial charge >= 0.3 is 5.97 Å². The minimum atomic E-state index is -0.851. The lowest BCUT2D eigenvalue weighted by atomic mass is 10.4. The number of rotatable bonds is 5. The Bertz CT molecular complexity index is 800. The lowest BCUT2D eigenvalue weighted by molar-refractivity contribution is -0.133. The zero-order chi connectivity index (χ0) is 14.8. The fourth-order valence-electron chi connectivity index (χ4n) is 1.94. The summed E-state index contributed by atoms with van der Waals surface area (Å²) in [4.78, 5) is 20.5. The van der Waals surface area contributed by atoms with E-state index in [9.17, 15) is 4.79 Å². The highest BCUT2D eigenvalue weighted by Crippen LogP contribution is 2.27. The molecule has 0 aromatic carbocycles. The van der Waals surface area contributed by atoms with Crippen molar-refractivity contribution in [1.82, 2.24) is 14.5 Å². The van der Waals surface area contributed by atoms with Crippen LogP contribution in [-0.2, 0) is 11.3 Å². The van der Waals surface area contributed by atoms with Crippen molar-refractivity contribution in [2.45, 2.75) is 11.7 Å². The quantitative estimate of drug-likeness (QED) is 0.683. The van der Waals surface area contributed by atoms with Gasteiger partial charge in [0.25, 0.3) is 0 Å². The first-order valence-electron chi connectivity index (χ1n) is 6.01. The number of halogens is 1. The summed E-state index contributed by atoms with van der Waals surface area (Å²) in [6.07, 6.45) is 3.41. The molecule has 0 aliphatic heterocycles. The molecule has 0 amide bonds. The van der Waals surface area contributed by atoms with Gasteiger partial charge in [0.05, 0.1) is 24.0 Å². The molecule has 3 aromatic heterocycles. The van der Waals surface area contributed by atoms with Crippen LogP contribution < -0.4 is 0 Å². The van der Waals surface area contributed by atoms with Crippen molar-refractivity contribution < 1.29 is 9.90 Å². The first-order chi connectivity index (χ1) is 10.1. The maximum atomic E-state index is 10.8. The lowest BCUT2D eigenvalue weighted by Gasteiger charge is -2.06. The fourth-order valence-corrected chi connectivity index (χ4v) is 4.11. The van der Waals surface area contributed by atoms with Crippen molar-refractivity contribution in [1.29, 1.82) is 0 Å². The van der Waals surface area contributed by atoms with Crippen molar-refractivity contribution in [3.05, 3.63) is 39.3 Å². The Hall–Kier alpha value is -1.38. The van der Waals surface area contributed by atoms with Crippen molar-refractivity contribution in [2.24, 2.45) is 0 Å². The predicted molar refractivity (Wildman–Crippen MR) is 87.0 cm³/mol. The Kier molecular flexibility index (Phi) is 4.27. The number of imidazole rings is 1. The molecule has 0 spiro atoms. The average Bonchev–Trinajstić information content (AvgIpc) is 3.01. The number of carbonyl (C=O) groups is 1. The summed E-state index contributed by atoms with van der Waals surface area (Å²) in [7, 11) is 0. The number of aliphatic carboxylic acids is 1. The van der Waals surface area contributed by atoms with Gasteiger partial charge in [-0.15, -0.1) is 11.3 Å². The van der Waals surface area contributed by atoms with Crippen LogP contribution in [0.25, 0.3) is 11.0 Å². The molecule has 0 aliphatic rings. The van der Waals surface area contributed by atoms with Crippen LogP contribution in [0.5, 0.6) is 0 Å². The molecule has 3 rings (SSSR count). The van der Waals surface area contributed by atoms with Crippen molar-refractivity contribution in [3.8, 4) is 0 Å². The molecule has 0 unspecified atom stereocenters. The van der Waals surface area contributed by atoms with E-state index in [1.54, 1.807) is 23.7 Å². The molecule has 0 fully saturated rings. The number of carboxylic acid groups (broad SMARTS) is 1. The van der Waals surface area contributed by atoms with Gasteiger partial charge < -0.3 is 9.67 Å². The smallest absolute Gasteiger partial charge is 0.313 e. The predicted octanol–water partition coefficient (Wildman–Crippen LogP) is 3.48. The monoisotopic (exact) mass is 383 g/mol. The summed E-state index contributed by atoms with van der Waals surface area (Å²) in [5.74, 6) is -0.860. The Morgan fingerprint density at radius 3 is 3.10 bits per heavy atom. The zero-order valence-corrected chi connectivity index (χ0v) is 13.9.